The first-order valence-electron chi connectivity index (χ1n) is 5.84. The highest BCUT2D eigenvalue weighted by Gasteiger charge is 2.10. The standard InChI is InChI=1S/C13H16ClNO3S/c1-15(8-4-7-13(17)18)12(16)9-19-11-6-3-2-5-10(11)14/h2-3,5-6H,4,7-9H2,1H3,(H,17,18). The molecule has 0 radical (unpaired) electrons. The van der Waals surface area contributed by atoms with Crippen LogP contribution in [-0.2, 0) is 9.59 Å². The number of carbonyl (C=O) groups excluding carboxylic acids is 1. The fraction of sp³-hybridized carbons (Fsp3) is 0.385. The normalized spacial score (nSPS) is 10.2. The number of hydrogen-bond donors (Lipinski definition) is 1. The van der Waals surface area contributed by atoms with Crippen LogP contribution in [0.15, 0.2) is 29.2 Å². The minimum absolute atomic E-state index is 0.0321. The molecule has 4 nitrogen and oxygen atoms in total. The van der Waals surface area contributed by atoms with Crippen molar-refractivity contribution in [1.82, 2.24) is 4.90 Å². The summed E-state index contributed by atoms with van der Waals surface area (Å²) in [7, 11) is 1.68. The van der Waals surface area contributed by atoms with Crippen molar-refractivity contribution in [1.29, 1.82) is 0 Å². The van der Waals surface area contributed by atoms with Crippen LogP contribution in [0.2, 0.25) is 5.02 Å². The molecule has 0 aromatic heterocycles. The number of hydrogen-bond acceptors (Lipinski definition) is 3. The molecule has 1 amide bonds. The number of amides is 1. The van der Waals surface area contributed by atoms with Gasteiger partial charge in [-0.1, -0.05) is 23.7 Å². The van der Waals surface area contributed by atoms with Gasteiger partial charge in [0.15, 0.2) is 0 Å². The Bertz CT molecular complexity index is 453. The summed E-state index contributed by atoms with van der Waals surface area (Å²) in [5.41, 5.74) is 0. The monoisotopic (exact) mass is 301 g/mol. The lowest BCUT2D eigenvalue weighted by molar-refractivity contribution is -0.137. The second-order valence-corrected chi connectivity index (χ2v) is 5.46. The first-order chi connectivity index (χ1) is 9.00. The van der Waals surface area contributed by atoms with Crippen LogP contribution in [0.4, 0.5) is 0 Å². The zero-order valence-corrected chi connectivity index (χ0v) is 12.2. The minimum Gasteiger partial charge on any atom is -0.481 e. The molecular formula is C13H16ClNO3S. The molecule has 19 heavy (non-hydrogen) atoms. The summed E-state index contributed by atoms with van der Waals surface area (Å²) in [5, 5.41) is 9.16. The van der Waals surface area contributed by atoms with Crippen molar-refractivity contribution in [3.05, 3.63) is 29.3 Å². The van der Waals surface area contributed by atoms with E-state index in [0.29, 0.717) is 23.7 Å². The Morgan fingerprint density at radius 2 is 2.05 bits per heavy atom. The van der Waals surface area contributed by atoms with E-state index in [9.17, 15) is 9.59 Å². The van der Waals surface area contributed by atoms with Crippen LogP contribution < -0.4 is 0 Å². The lowest BCUT2D eigenvalue weighted by atomic mass is 10.3. The lowest BCUT2D eigenvalue weighted by Crippen LogP contribution is -2.29. The summed E-state index contributed by atoms with van der Waals surface area (Å²) in [4.78, 5) is 24.6. The van der Waals surface area contributed by atoms with Gasteiger partial charge in [0, 0.05) is 24.9 Å². The Morgan fingerprint density at radius 1 is 1.37 bits per heavy atom. The quantitative estimate of drug-likeness (QED) is 0.787. The molecule has 6 heteroatoms. The summed E-state index contributed by atoms with van der Waals surface area (Å²) in [6.07, 6.45) is 0.545. The zero-order valence-electron chi connectivity index (χ0n) is 10.6. The summed E-state index contributed by atoms with van der Waals surface area (Å²) >= 11 is 7.38. The van der Waals surface area contributed by atoms with E-state index in [1.165, 1.54) is 11.8 Å². The van der Waals surface area contributed by atoms with Gasteiger partial charge in [0.1, 0.15) is 0 Å². The van der Waals surface area contributed by atoms with Gasteiger partial charge in [0.2, 0.25) is 5.91 Å². The predicted octanol–water partition coefficient (Wildman–Crippen LogP) is 2.76. The van der Waals surface area contributed by atoms with Crippen molar-refractivity contribution in [3.8, 4) is 0 Å². The van der Waals surface area contributed by atoms with Gasteiger partial charge in [0.25, 0.3) is 0 Å². The average Bonchev–Trinajstić information content (AvgIpc) is 2.36. The Balaban J connectivity index is 2.34. The van der Waals surface area contributed by atoms with Gasteiger partial charge in [-0.15, -0.1) is 11.8 Å². The maximum absolute atomic E-state index is 11.8. The molecule has 0 fully saturated rings. The van der Waals surface area contributed by atoms with E-state index in [4.69, 9.17) is 16.7 Å². The van der Waals surface area contributed by atoms with Crippen molar-refractivity contribution in [2.75, 3.05) is 19.3 Å². The van der Waals surface area contributed by atoms with Crippen LogP contribution in [0.3, 0.4) is 0 Å². The molecule has 0 spiro atoms. The molecule has 104 valence electrons. The third-order valence-corrected chi connectivity index (χ3v) is 4.00. The van der Waals surface area contributed by atoms with Crippen LogP contribution >= 0.6 is 23.4 Å². The van der Waals surface area contributed by atoms with Gasteiger partial charge in [-0.2, -0.15) is 0 Å². The van der Waals surface area contributed by atoms with Crippen LogP contribution in [-0.4, -0.2) is 41.2 Å². The van der Waals surface area contributed by atoms with Crippen LogP contribution in [0.25, 0.3) is 0 Å². The molecule has 1 aromatic rings. The molecule has 0 bridgehead atoms. The first-order valence-corrected chi connectivity index (χ1v) is 7.20. The number of halogens is 1. The third-order valence-electron chi connectivity index (χ3n) is 2.50. The first kappa shape index (κ1) is 15.9. The van der Waals surface area contributed by atoms with Gasteiger partial charge >= 0.3 is 5.97 Å². The number of carboxylic acids is 1. The second-order valence-electron chi connectivity index (χ2n) is 4.03. The smallest absolute Gasteiger partial charge is 0.303 e. The Kier molecular flexibility index (Phi) is 6.73. The fourth-order valence-corrected chi connectivity index (χ4v) is 2.58. The number of nitrogens with zero attached hydrogens (tertiary/aromatic N) is 1. The molecule has 0 saturated heterocycles. The lowest BCUT2D eigenvalue weighted by Gasteiger charge is -2.16. The van der Waals surface area contributed by atoms with E-state index in [0.717, 1.165) is 4.90 Å². The zero-order chi connectivity index (χ0) is 14.3. The number of rotatable bonds is 7. The number of benzene rings is 1. The molecule has 0 aliphatic carbocycles. The van der Waals surface area contributed by atoms with Crippen molar-refractivity contribution < 1.29 is 14.7 Å². The van der Waals surface area contributed by atoms with E-state index in [2.05, 4.69) is 0 Å². The highest BCUT2D eigenvalue weighted by molar-refractivity contribution is 8.00. The number of thioether (sulfide) groups is 1. The molecule has 0 unspecified atom stereocenters. The van der Waals surface area contributed by atoms with Gasteiger partial charge in [-0.25, -0.2) is 0 Å². The van der Waals surface area contributed by atoms with Crippen molar-refractivity contribution >= 4 is 35.2 Å². The van der Waals surface area contributed by atoms with Crippen molar-refractivity contribution in [3.63, 3.8) is 0 Å². The van der Waals surface area contributed by atoms with Crippen LogP contribution in [0.5, 0.6) is 0 Å². The van der Waals surface area contributed by atoms with Crippen molar-refractivity contribution in [2.45, 2.75) is 17.7 Å². The average molecular weight is 302 g/mol. The Hall–Kier alpha value is -1.20. The summed E-state index contributed by atoms with van der Waals surface area (Å²) in [6.45, 7) is 0.453. The third kappa shape index (κ3) is 5.98. The number of carboxylic acid groups (broad SMARTS) is 1. The van der Waals surface area contributed by atoms with Crippen LogP contribution in [0, 0.1) is 0 Å². The topological polar surface area (TPSA) is 57.6 Å². The maximum atomic E-state index is 11.8. The maximum Gasteiger partial charge on any atom is 0.303 e. The fourth-order valence-electron chi connectivity index (χ4n) is 1.40. The summed E-state index contributed by atoms with van der Waals surface area (Å²) in [6, 6.07) is 7.36. The molecule has 1 N–H and O–H groups in total. The van der Waals surface area contributed by atoms with Crippen molar-refractivity contribution in [2.24, 2.45) is 0 Å². The molecule has 0 atom stereocenters. The summed E-state index contributed by atoms with van der Waals surface area (Å²) < 4.78 is 0. The highest BCUT2D eigenvalue weighted by atomic mass is 35.5. The second kappa shape index (κ2) is 8.07. The minimum atomic E-state index is -0.841. The molecular weight excluding hydrogens is 286 g/mol. The van der Waals surface area contributed by atoms with E-state index < -0.39 is 5.97 Å². The molecule has 1 aromatic carbocycles. The van der Waals surface area contributed by atoms with E-state index >= 15 is 0 Å². The van der Waals surface area contributed by atoms with Gasteiger partial charge in [-0.05, 0) is 18.6 Å². The number of carbonyl (C=O) groups is 2. The molecule has 0 saturated carbocycles. The molecule has 1 rings (SSSR count). The largest absolute Gasteiger partial charge is 0.481 e. The van der Waals surface area contributed by atoms with E-state index in [-0.39, 0.29) is 12.3 Å². The van der Waals surface area contributed by atoms with E-state index in [1.54, 1.807) is 18.0 Å². The Labute approximate surface area is 121 Å². The Morgan fingerprint density at radius 3 is 2.68 bits per heavy atom. The van der Waals surface area contributed by atoms with Gasteiger partial charge < -0.3 is 10.0 Å². The molecule has 0 heterocycles. The predicted molar refractivity (Wildman–Crippen MR) is 76.7 cm³/mol. The van der Waals surface area contributed by atoms with Gasteiger partial charge in [-0.3, -0.25) is 9.59 Å². The molecule has 0 aliphatic heterocycles. The van der Waals surface area contributed by atoms with E-state index in [1.807, 2.05) is 18.2 Å². The SMILES string of the molecule is CN(CCCC(=O)O)C(=O)CSc1ccccc1Cl. The number of aliphatic carboxylic acids is 1. The highest BCUT2D eigenvalue weighted by Crippen LogP contribution is 2.26. The summed E-state index contributed by atoms with van der Waals surface area (Å²) in [5.74, 6) is -0.575. The van der Waals surface area contributed by atoms with Crippen LogP contribution in [0.1, 0.15) is 12.8 Å². The van der Waals surface area contributed by atoms with Gasteiger partial charge in [0.05, 0.1) is 10.8 Å². The molecule has 0 aliphatic rings.